The summed E-state index contributed by atoms with van der Waals surface area (Å²) >= 11 is 1.37. The van der Waals surface area contributed by atoms with Crippen LogP contribution < -0.4 is 0 Å². The summed E-state index contributed by atoms with van der Waals surface area (Å²) < 4.78 is 0. The summed E-state index contributed by atoms with van der Waals surface area (Å²) in [6.07, 6.45) is 0. The molecule has 1 rings (SSSR count). The third-order valence-electron chi connectivity index (χ3n) is 2.33. The molecule has 92 valence electrons. The van der Waals surface area contributed by atoms with Crippen molar-refractivity contribution in [3.05, 3.63) is 21.9 Å². The van der Waals surface area contributed by atoms with Gasteiger partial charge >= 0.3 is 0 Å². The first-order valence-corrected chi connectivity index (χ1v) is 6.42. The third-order valence-corrected chi connectivity index (χ3v) is 3.32. The van der Waals surface area contributed by atoms with Crippen LogP contribution in [0.4, 0.5) is 0 Å². The van der Waals surface area contributed by atoms with Gasteiger partial charge < -0.3 is 10.0 Å². The van der Waals surface area contributed by atoms with Crippen LogP contribution in [0.3, 0.4) is 0 Å². The second-order valence-electron chi connectivity index (χ2n) is 3.81. The number of aliphatic hydroxyl groups is 1. The summed E-state index contributed by atoms with van der Waals surface area (Å²) in [5.74, 6) is 5.42. The van der Waals surface area contributed by atoms with Crippen LogP contribution in [-0.2, 0) is 0 Å². The predicted octanol–water partition coefficient (Wildman–Crippen LogP) is 1.96. The van der Waals surface area contributed by atoms with Crippen LogP contribution in [0.15, 0.2) is 12.1 Å². The summed E-state index contributed by atoms with van der Waals surface area (Å²) in [5, 5.41) is 8.60. The van der Waals surface area contributed by atoms with Gasteiger partial charge in [-0.3, -0.25) is 4.79 Å². The van der Waals surface area contributed by atoms with Crippen LogP contribution in [0.25, 0.3) is 0 Å². The number of amides is 1. The summed E-state index contributed by atoms with van der Waals surface area (Å²) in [6, 6.07) is 3.80. The molecule has 1 heterocycles. The lowest BCUT2D eigenvalue weighted by Crippen LogP contribution is -2.36. The molecule has 0 spiro atoms. The average Bonchev–Trinajstić information content (AvgIpc) is 2.75. The molecule has 1 aromatic rings. The van der Waals surface area contributed by atoms with E-state index in [1.807, 2.05) is 31.7 Å². The molecule has 1 aromatic heterocycles. The Morgan fingerprint density at radius 2 is 2.24 bits per heavy atom. The Morgan fingerprint density at radius 3 is 2.76 bits per heavy atom. The van der Waals surface area contributed by atoms with E-state index in [1.165, 1.54) is 11.3 Å². The molecule has 0 aliphatic heterocycles. The van der Waals surface area contributed by atoms with Gasteiger partial charge in [-0.05, 0) is 32.9 Å². The van der Waals surface area contributed by atoms with E-state index < -0.39 is 0 Å². The molecule has 0 unspecified atom stereocenters. The fourth-order valence-corrected chi connectivity index (χ4v) is 2.37. The Bertz CT molecular complexity index is 440. The molecule has 0 saturated carbocycles. The molecule has 4 heteroatoms. The number of hydrogen-bond acceptors (Lipinski definition) is 3. The summed E-state index contributed by atoms with van der Waals surface area (Å²) in [4.78, 5) is 15.5. The molecular weight excluding hydrogens is 234 g/mol. The smallest absolute Gasteiger partial charge is 0.264 e. The minimum Gasteiger partial charge on any atom is -0.384 e. The fourth-order valence-electron chi connectivity index (χ4n) is 1.53. The second-order valence-corrected chi connectivity index (χ2v) is 4.89. The van der Waals surface area contributed by atoms with Gasteiger partial charge in [-0.2, -0.15) is 0 Å². The van der Waals surface area contributed by atoms with Crippen LogP contribution >= 0.6 is 11.3 Å². The molecule has 0 aliphatic rings. The maximum absolute atomic E-state index is 12.1. The third kappa shape index (κ3) is 3.58. The largest absolute Gasteiger partial charge is 0.384 e. The maximum atomic E-state index is 12.1. The highest BCUT2D eigenvalue weighted by Gasteiger charge is 2.18. The average molecular weight is 251 g/mol. The van der Waals surface area contributed by atoms with E-state index in [0.717, 1.165) is 4.88 Å². The zero-order valence-electron chi connectivity index (χ0n) is 10.4. The predicted molar refractivity (Wildman–Crippen MR) is 70.1 cm³/mol. The number of rotatable bonds is 3. The second kappa shape index (κ2) is 6.43. The molecule has 0 radical (unpaired) electrons. The van der Waals surface area contributed by atoms with Gasteiger partial charge in [0.2, 0.25) is 0 Å². The number of thiophene rings is 1. The minimum absolute atomic E-state index is 0.0459. The van der Waals surface area contributed by atoms with Crippen LogP contribution in [0.2, 0.25) is 0 Å². The van der Waals surface area contributed by atoms with Gasteiger partial charge in [0.1, 0.15) is 6.61 Å². The molecule has 1 N–H and O–H groups in total. The van der Waals surface area contributed by atoms with Gasteiger partial charge in [-0.1, -0.05) is 11.8 Å². The first-order chi connectivity index (χ1) is 8.10. The van der Waals surface area contributed by atoms with Crippen molar-refractivity contribution in [1.29, 1.82) is 0 Å². The maximum Gasteiger partial charge on any atom is 0.264 e. The number of carbonyl (C=O) groups excluding carboxylic acids is 1. The molecule has 0 bridgehead atoms. The number of nitrogens with zero attached hydrogens (tertiary/aromatic N) is 1. The molecule has 0 atom stereocenters. The summed E-state index contributed by atoms with van der Waals surface area (Å²) in [5.41, 5.74) is 0. The van der Waals surface area contributed by atoms with Crippen molar-refractivity contribution in [1.82, 2.24) is 4.90 Å². The van der Waals surface area contributed by atoms with E-state index in [2.05, 4.69) is 11.8 Å². The van der Waals surface area contributed by atoms with E-state index in [-0.39, 0.29) is 18.6 Å². The van der Waals surface area contributed by atoms with Crippen molar-refractivity contribution in [3.63, 3.8) is 0 Å². The Labute approximate surface area is 106 Å². The first kappa shape index (κ1) is 13.8. The van der Waals surface area contributed by atoms with E-state index in [9.17, 15) is 4.79 Å². The van der Waals surface area contributed by atoms with Crippen molar-refractivity contribution in [2.45, 2.75) is 26.8 Å². The zero-order valence-corrected chi connectivity index (χ0v) is 11.2. The van der Waals surface area contributed by atoms with Crippen LogP contribution in [-0.4, -0.2) is 35.1 Å². The van der Waals surface area contributed by atoms with Gasteiger partial charge in [0.25, 0.3) is 5.91 Å². The van der Waals surface area contributed by atoms with Crippen LogP contribution in [0, 0.1) is 11.8 Å². The molecule has 3 nitrogen and oxygen atoms in total. The lowest BCUT2D eigenvalue weighted by molar-refractivity contribution is 0.0722. The Balaban J connectivity index is 2.86. The molecule has 17 heavy (non-hydrogen) atoms. The van der Waals surface area contributed by atoms with Crippen LogP contribution in [0.5, 0.6) is 0 Å². The lowest BCUT2D eigenvalue weighted by atomic mass is 10.3. The molecule has 0 fully saturated rings. The molecular formula is C13H17NO2S. The zero-order chi connectivity index (χ0) is 12.8. The standard InChI is InChI=1S/C13H17NO2S/c1-4-14(10(2)3)13(16)12-8-7-11(17-12)6-5-9-15/h7-8,10,15H,4,9H2,1-3H3. The van der Waals surface area contributed by atoms with Gasteiger partial charge in [0, 0.05) is 12.6 Å². The number of carbonyl (C=O) groups is 1. The normalized spacial score (nSPS) is 9.94. The van der Waals surface area contributed by atoms with Crippen LogP contribution in [0.1, 0.15) is 35.3 Å². The monoisotopic (exact) mass is 251 g/mol. The van der Waals surface area contributed by atoms with Gasteiger partial charge in [-0.15, -0.1) is 11.3 Å². The SMILES string of the molecule is CCN(C(=O)c1ccc(C#CCO)s1)C(C)C. The minimum atomic E-state index is -0.158. The first-order valence-electron chi connectivity index (χ1n) is 5.60. The van der Waals surface area contributed by atoms with Crippen molar-refractivity contribution in [2.24, 2.45) is 0 Å². The van der Waals surface area contributed by atoms with Crippen molar-refractivity contribution >= 4 is 17.2 Å². The lowest BCUT2D eigenvalue weighted by Gasteiger charge is -2.24. The van der Waals surface area contributed by atoms with Crippen molar-refractivity contribution < 1.29 is 9.90 Å². The Morgan fingerprint density at radius 1 is 1.53 bits per heavy atom. The summed E-state index contributed by atoms with van der Waals surface area (Å²) in [6.45, 7) is 6.52. The topological polar surface area (TPSA) is 40.5 Å². The highest BCUT2D eigenvalue weighted by molar-refractivity contribution is 7.14. The fraction of sp³-hybridized carbons (Fsp3) is 0.462. The number of aliphatic hydroxyl groups excluding tert-OH is 1. The van der Waals surface area contributed by atoms with Crippen molar-refractivity contribution in [2.75, 3.05) is 13.2 Å². The Hall–Kier alpha value is -1.31. The van der Waals surface area contributed by atoms with Gasteiger partial charge in [-0.25, -0.2) is 0 Å². The quantitative estimate of drug-likeness (QED) is 0.834. The molecule has 0 aromatic carbocycles. The molecule has 0 aliphatic carbocycles. The van der Waals surface area contributed by atoms with Gasteiger partial charge in [0.05, 0.1) is 9.75 Å². The highest BCUT2D eigenvalue weighted by Crippen LogP contribution is 2.18. The van der Waals surface area contributed by atoms with E-state index in [4.69, 9.17) is 5.11 Å². The van der Waals surface area contributed by atoms with Crippen molar-refractivity contribution in [3.8, 4) is 11.8 Å². The molecule has 1 amide bonds. The Kier molecular flexibility index (Phi) is 5.20. The number of hydrogen-bond donors (Lipinski definition) is 1. The van der Waals surface area contributed by atoms with Gasteiger partial charge in [0.15, 0.2) is 0 Å². The van der Waals surface area contributed by atoms with E-state index in [0.29, 0.717) is 11.4 Å². The highest BCUT2D eigenvalue weighted by atomic mass is 32.1. The summed E-state index contributed by atoms with van der Waals surface area (Å²) in [7, 11) is 0. The van der Waals surface area contributed by atoms with E-state index >= 15 is 0 Å². The molecule has 0 saturated heterocycles. The van der Waals surface area contributed by atoms with E-state index in [1.54, 1.807) is 6.07 Å².